The van der Waals surface area contributed by atoms with Gasteiger partial charge < -0.3 is 26.1 Å². The Balaban J connectivity index is 0.00000272. The summed E-state index contributed by atoms with van der Waals surface area (Å²) in [6.45, 7) is 6.35. The zero-order valence-corrected chi connectivity index (χ0v) is 25.7. The largest absolute Gasteiger partial charge is 2.00 e. The van der Waals surface area contributed by atoms with Crippen molar-refractivity contribution in [2.24, 2.45) is 0 Å². The van der Waals surface area contributed by atoms with Gasteiger partial charge in [0.05, 0.1) is 25.4 Å². The van der Waals surface area contributed by atoms with E-state index in [9.17, 15) is 4.79 Å². The molecule has 0 fully saturated rings. The first kappa shape index (κ1) is 29.9. The summed E-state index contributed by atoms with van der Waals surface area (Å²) in [7, 11) is 0. The van der Waals surface area contributed by atoms with Gasteiger partial charge in [-0.2, -0.15) is 30.3 Å². The summed E-state index contributed by atoms with van der Waals surface area (Å²) >= 11 is 2.20. The number of carbonyl (C=O) groups excluding carboxylic acids is 1. The number of halogens is 1. The molecular formula is C24H29IN2O5U. The van der Waals surface area contributed by atoms with Crippen LogP contribution in [-0.2, 0) is 14.3 Å². The summed E-state index contributed by atoms with van der Waals surface area (Å²) in [4.78, 5) is 20.5. The fourth-order valence-corrected chi connectivity index (χ4v) is 3.04. The van der Waals surface area contributed by atoms with E-state index in [1.807, 2.05) is 45.0 Å². The SMILES string of the molecule is CC[C@@H](COc1ncnc2occ(-c3cc[c-]cc3)c12)OCCC(=O)OC(C)(C)CI.[CH3-].[U+2]. The third kappa shape index (κ3) is 8.54. The van der Waals surface area contributed by atoms with E-state index in [2.05, 4.69) is 38.6 Å². The van der Waals surface area contributed by atoms with Gasteiger partial charge in [0.1, 0.15) is 23.9 Å². The second-order valence-corrected chi connectivity index (χ2v) is 8.39. The molecule has 9 heteroatoms. The van der Waals surface area contributed by atoms with Crippen molar-refractivity contribution < 1.29 is 54.5 Å². The number of nitrogens with zero attached hydrogens (tertiary/aromatic N) is 2. The van der Waals surface area contributed by atoms with Crippen LogP contribution in [0.2, 0.25) is 0 Å². The molecule has 1 aromatic carbocycles. The summed E-state index contributed by atoms with van der Waals surface area (Å²) in [5, 5.41) is 0.716. The molecule has 2 aromatic heterocycles. The molecule has 1 atom stereocenters. The van der Waals surface area contributed by atoms with Gasteiger partial charge >= 0.3 is 37.1 Å². The van der Waals surface area contributed by atoms with Crippen LogP contribution in [0.1, 0.15) is 33.6 Å². The molecule has 0 aliphatic heterocycles. The van der Waals surface area contributed by atoms with E-state index >= 15 is 0 Å². The van der Waals surface area contributed by atoms with Gasteiger partial charge in [-0.15, -0.1) is 5.56 Å². The number of rotatable bonds is 11. The van der Waals surface area contributed by atoms with E-state index in [4.69, 9.17) is 18.6 Å². The normalized spacial score (nSPS) is 11.9. The van der Waals surface area contributed by atoms with Gasteiger partial charge in [0, 0.05) is 9.99 Å². The van der Waals surface area contributed by atoms with Crippen molar-refractivity contribution in [3.05, 3.63) is 50.3 Å². The first-order valence-corrected chi connectivity index (χ1v) is 11.7. The van der Waals surface area contributed by atoms with E-state index < -0.39 is 5.60 Å². The molecule has 0 unspecified atom stereocenters. The Morgan fingerprint density at radius 3 is 2.67 bits per heavy atom. The third-order valence-corrected chi connectivity index (χ3v) is 6.43. The van der Waals surface area contributed by atoms with Crippen LogP contribution in [0.25, 0.3) is 22.2 Å². The Bertz CT molecular complexity index is 997. The maximum Gasteiger partial charge on any atom is 2.00 e. The van der Waals surface area contributed by atoms with Crippen LogP contribution in [0, 0.1) is 44.6 Å². The number of hydrogen-bond acceptors (Lipinski definition) is 7. The predicted molar refractivity (Wildman–Crippen MR) is 132 cm³/mol. The average Bonchev–Trinajstić information content (AvgIpc) is 3.21. The Morgan fingerprint density at radius 2 is 2.00 bits per heavy atom. The summed E-state index contributed by atoms with van der Waals surface area (Å²) in [6, 6.07) is 10.6. The molecule has 0 amide bonds. The number of fused-ring (bicyclic) bond motifs is 1. The summed E-state index contributed by atoms with van der Waals surface area (Å²) < 4.78 is 23.6. The van der Waals surface area contributed by atoms with Crippen molar-refractivity contribution in [3.8, 4) is 17.0 Å². The number of carbonyl (C=O) groups is 1. The minimum atomic E-state index is -0.470. The van der Waals surface area contributed by atoms with Crippen LogP contribution >= 0.6 is 22.6 Å². The number of benzene rings is 1. The molecule has 0 spiro atoms. The number of ether oxygens (including phenoxy) is 3. The van der Waals surface area contributed by atoms with Gasteiger partial charge in [0.25, 0.3) is 0 Å². The number of aromatic nitrogens is 2. The van der Waals surface area contributed by atoms with Crippen LogP contribution in [0.3, 0.4) is 0 Å². The van der Waals surface area contributed by atoms with Crippen molar-refractivity contribution in [2.45, 2.75) is 45.3 Å². The first-order chi connectivity index (χ1) is 14.9. The van der Waals surface area contributed by atoms with Gasteiger partial charge in [-0.05, 0) is 20.3 Å². The molecule has 0 aliphatic carbocycles. The van der Waals surface area contributed by atoms with Gasteiger partial charge in [-0.1, -0.05) is 29.5 Å². The Hall–Kier alpha value is -1.15. The second-order valence-electron chi connectivity index (χ2n) is 7.63. The summed E-state index contributed by atoms with van der Waals surface area (Å²) in [6.07, 6.45) is 3.81. The van der Waals surface area contributed by atoms with Gasteiger partial charge in [-0.25, -0.2) is 9.97 Å². The number of furan rings is 1. The molecule has 0 saturated heterocycles. The minimum Gasteiger partial charge on any atom is -0.474 e. The van der Waals surface area contributed by atoms with E-state index in [1.54, 1.807) is 6.26 Å². The van der Waals surface area contributed by atoms with E-state index in [0.717, 1.165) is 22.0 Å². The second kappa shape index (κ2) is 14.3. The zero-order valence-electron chi connectivity index (χ0n) is 19.4. The van der Waals surface area contributed by atoms with E-state index in [1.165, 1.54) is 6.33 Å². The topological polar surface area (TPSA) is 83.7 Å². The Morgan fingerprint density at radius 1 is 1.27 bits per heavy atom. The third-order valence-electron chi connectivity index (χ3n) is 4.60. The molecule has 0 aliphatic rings. The van der Waals surface area contributed by atoms with Crippen molar-refractivity contribution in [1.82, 2.24) is 9.97 Å². The quantitative estimate of drug-likeness (QED) is 0.111. The number of alkyl halides is 1. The molecule has 2 heterocycles. The van der Waals surface area contributed by atoms with Crippen LogP contribution in [0.5, 0.6) is 5.88 Å². The van der Waals surface area contributed by atoms with Crippen LogP contribution < -0.4 is 4.74 Å². The first-order valence-electron chi connectivity index (χ1n) is 10.1. The van der Waals surface area contributed by atoms with Crippen LogP contribution in [0.15, 0.2) is 41.3 Å². The molecular weight excluding hydrogens is 761 g/mol. The molecule has 0 N–H and O–H groups in total. The van der Waals surface area contributed by atoms with Crippen LogP contribution in [0.4, 0.5) is 0 Å². The van der Waals surface area contributed by atoms with Crippen molar-refractivity contribution in [3.63, 3.8) is 0 Å². The molecule has 3 aromatic rings. The number of esters is 1. The zero-order chi connectivity index (χ0) is 22.3. The maximum absolute atomic E-state index is 12.0. The average molecular weight is 790 g/mol. The van der Waals surface area contributed by atoms with Gasteiger partial charge in [-0.3, -0.25) is 4.79 Å². The fraction of sp³-hybridized carbons (Fsp3) is 0.417. The van der Waals surface area contributed by atoms with Crippen molar-refractivity contribution >= 4 is 39.7 Å². The van der Waals surface area contributed by atoms with E-state index in [-0.39, 0.29) is 63.6 Å². The van der Waals surface area contributed by atoms with Crippen molar-refractivity contribution in [2.75, 3.05) is 17.6 Å². The van der Waals surface area contributed by atoms with E-state index in [0.29, 0.717) is 23.6 Å². The molecule has 0 bridgehead atoms. The smallest absolute Gasteiger partial charge is 0.474 e. The van der Waals surface area contributed by atoms with Gasteiger partial charge in [0.2, 0.25) is 11.6 Å². The minimum absolute atomic E-state index is 0. The predicted octanol–water partition coefficient (Wildman–Crippen LogP) is 5.46. The van der Waals surface area contributed by atoms with Crippen LogP contribution in [-0.4, -0.2) is 45.3 Å². The number of hydrogen-bond donors (Lipinski definition) is 0. The standard InChI is InChI=1S/C23H26IN2O5.CH3.U/c1-4-17(28-11-10-19(27)31-23(2,3)14-24)12-29-21-20-18(16-8-6-5-7-9-16)13-30-22(20)26-15-25-21;;/h6-9,13,15,17H,4,10-12,14H2,1-3H3;1H3;/q2*-1;+2/t17-;;/m0../s1. The maximum atomic E-state index is 12.0. The monoisotopic (exact) mass is 790 g/mol. The van der Waals surface area contributed by atoms with Crippen molar-refractivity contribution in [1.29, 1.82) is 0 Å². The molecule has 0 radical (unpaired) electrons. The van der Waals surface area contributed by atoms with Gasteiger partial charge in [0.15, 0.2) is 0 Å². The Kier molecular flexibility index (Phi) is 12.9. The molecule has 176 valence electrons. The molecule has 3 rings (SSSR count). The molecule has 7 nitrogen and oxygen atoms in total. The summed E-state index contributed by atoms with van der Waals surface area (Å²) in [5.74, 6) is 0.171. The Labute approximate surface area is 232 Å². The summed E-state index contributed by atoms with van der Waals surface area (Å²) in [5.41, 5.74) is 1.81. The fourth-order valence-electron chi connectivity index (χ4n) is 2.89. The molecule has 0 saturated carbocycles. The molecule has 33 heavy (non-hydrogen) atoms.